The van der Waals surface area contributed by atoms with Crippen LogP contribution in [0.5, 0.6) is 5.75 Å². The van der Waals surface area contributed by atoms with Crippen LogP contribution >= 0.6 is 0 Å². The van der Waals surface area contributed by atoms with E-state index in [0.29, 0.717) is 12.2 Å². The molecule has 0 unspecified atom stereocenters. The van der Waals surface area contributed by atoms with Crippen molar-refractivity contribution in [3.05, 3.63) is 100.0 Å². The van der Waals surface area contributed by atoms with Crippen molar-refractivity contribution in [1.29, 1.82) is 0 Å². The molecule has 2 aliphatic rings. The Kier molecular flexibility index (Phi) is 4.61. The van der Waals surface area contributed by atoms with Crippen molar-refractivity contribution in [2.24, 2.45) is 5.92 Å². The summed E-state index contributed by atoms with van der Waals surface area (Å²) < 4.78 is 7.15. The third kappa shape index (κ3) is 3.17. The van der Waals surface area contributed by atoms with Crippen molar-refractivity contribution >= 4 is 17.2 Å². The highest BCUT2D eigenvalue weighted by Gasteiger charge is 2.43. The number of anilines is 2. The minimum Gasteiger partial charge on any atom is -0.497 e. The molecule has 0 saturated carbocycles. The summed E-state index contributed by atoms with van der Waals surface area (Å²) in [4.78, 5) is 21.0. The fraction of sp³-hybridized carbons (Fsp3) is 0.259. The van der Waals surface area contributed by atoms with Crippen LogP contribution in [-0.4, -0.2) is 23.0 Å². The molecule has 0 spiro atoms. The average Bonchev–Trinajstić information content (AvgIpc) is 2.85. The van der Waals surface area contributed by atoms with Gasteiger partial charge >= 0.3 is 0 Å². The molecular formula is C27H26N4O2. The van der Waals surface area contributed by atoms with Gasteiger partial charge < -0.3 is 15.0 Å². The number of hydrogen-bond acceptors (Lipinski definition) is 5. The van der Waals surface area contributed by atoms with Crippen LogP contribution in [0.3, 0.4) is 0 Å². The molecule has 3 atom stereocenters. The van der Waals surface area contributed by atoms with E-state index in [9.17, 15) is 4.79 Å². The number of pyridine rings is 1. The van der Waals surface area contributed by atoms with E-state index in [2.05, 4.69) is 53.5 Å². The Morgan fingerprint density at radius 3 is 2.73 bits per heavy atom. The number of aromatic nitrogens is 2. The molecule has 0 bridgehead atoms. The highest BCUT2D eigenvalue weighted by Crippen LogP contribution is 2.49. The molecule has 0 amide bonds. The summed E-state index contributed by atoms with van der Waals surface area (Å²) in [6.07, 6.45) is 1.81. The SMILES string of the molecule is COc1ccc2c(c1)[C@@H](C)[C@@H]1CN(Cc3ccccc3)c3nc4ccccn4c(=O)c3[C@H]1N2. The molecule has 0 saturated heterocycles. The van der Waals surface area contributed by atoms with Gasteiger partial charge in [-0.2, -0.15) is 0 Å². The second kappa shape index (κ2) is 7.66. The van der Waals surface area contributed by atoms with E-state index in [1.165, 1.54) is 11.1 Å². The van der Waals surface area contributed by atoms with Gasteiger partial charge in [0, 0.05) is 30.9 Å². The van der Waals surface area contributed by atoms with Gasteiger partial charge in [-0.05, 0) is 47.4 Å². The van der Waals surface area contributed by atoms with E-state index in [1.807, 2.05) is 30.3 Å². The Labute approximate surface area is 192 Å². The van der Waals surface area contributed by atoms with Gasteiger partial charge in [0.1, 0.15) is 17.2 Å². The maximum absolute atomic E-state index is 13.8. The summed E-state index contributed by atoms with van der Waals surface area (Å²) >= 11 is 0. The molecule has 33 heavy (non-hydrogen) atoms. The van der Waals surface area contributed by atoms with Crippen LogP contribution in [0.1, 0.15) is 35.6 Å². The van der Waals surface area contributed by atoms with Crippen molar-refractivity contribution in [3.63, 3.8) is 0 Å². The summed E-state index contributed by atoms with van der Waals surface area (Å²) in [5.74, 6) is 2.11. The zero-order valence-electron chi connectivity index (χ0n) is 18.7. The zero-order valence-corrected chi connectivity index (χ0v) is 18.7. The molecule has 2 aliphatic heterocycles. The molecular weight excluding hydrogens is 412 g/mol. The van der Waals surface area contributed by atoms with Gasteiger partial charge in [0.05, 0.1) is 18.7 Å². The van der Waals surface area contributed by atoms with E-state index in [-0.39, 0.29) is 23.4 Å². The Morgan fingerprint density at radius 2 is 1.91 bits per heavy atom. The maximum Gasteiger partial charge on any atom is 0.265 e. The van der Waals surface area contributed by atoms with Gasteiger partial charge in [-0.25, -0.2) is 4.98 Å². The second-order valence-corrected chi connectivity index (χ2v) is 8.98. The Hall–Kier alpha value is -3.80. The molecule has 0 aliphatic carbocycles. The quantitative estimate of drug-likeness (QED) is 0.506. The minimum absolute atomic E-state index is 0.0000216. The lowest BCUT2D eigenvalue weighted by atomic mass is 9.74. The number of fused-ring (bicyclic) bond motifs is 5. The normalized spacial score (nSPS) is 21.0. The van der Waals surface area contributed by atoms with Crippen LogP contribution in [0.25, 0.3) is 5.65 Å². The predicted molar refractivity (Wildman–Crippen MR) is 130 cm³/mol. The monoisotopic (exact) mass is 438 g/mol. The minimum atomic E-state index is -0.0972. The number of nitrogens with one attached hydrogen (secondary N) is 1. The first kappa shape index (κ1) is 19.9. The molecule has 0 radical (unpaired) electrons. The molecule has 1 N–H and O–H groups in total. The number of rotatable bonds is 3. The predicted octanol–water partition coefficient (Wildman–Crippen LogP) is 4.61. The average molecular weight is 439 g/mol. The third-order valence-electron chi connectivity index (χ3n) is 7.14. The Balaban J connectivity index is 1.53. The van der Waals surface area contributed by atoms with Gasteiger partial charge in [0.25, 0.3) is 5.56 Å². The van der Waals surface area contributed by atoms with Crippen molar-refractivity contribution in [1.82, 2.24) is 9.38 Å². The van der Waals surface area contributed by atoms with Gasteiger partial charge in [-0.15, -0.1) is 0 Å². The molecule has 4 heterocycles. The van der Waals surface area contributed by atoms with E-state index < -0.39 is 0 Å². The standard InChI is InChI=1S/C27H26N4O2/c1-17-20-14-19(33-2)11-12-22(20)28-25-21(17)16-30(15-18-8-4-3-5-9-18)26-24(25)27(32)31-13-7-6-10-23(31)29-26/h3-14,17,21,25,28H,15-16H2,1-2H3/t17-,21+,25+/m1/s1. The first-order chi connectivity index (χ1) is 16.1. The first-order valence-corrected chi connectivity index (χ1v) is 11.4. The highest BCUT2D eigenvalue weighted by atomic mass is 16.5. The lowest BCUT2D eigenvalue weighted by Gasteiger charge is -2.46. The summed E-state index contributed by atoms with van der Waals surface area (Å²) in [6, 6.07) is 22.1. The number of nitrogens with zero attached hydrogens (tertiary/aromatic N) is 3. The number of hydrogen-bond donors (Lipinski definition) is 1. The Bertz CT molecular complexity index is 1400. The summed E-state index contributed by atoms with van der Waals surface area (Å²) in [7, 11) is 1.70. The van der Waals surface area contributed by atoms with E-state index in [0.717, 1.165) is 29.4 Å². The smallest absolute Gasteiger partial charge is 0.265 e. The lowest BCUT2D eigenvalue weighted by Crippen LogP contribution is -2.47. The van der Waals surface area contributed by atoms with Crippen molar-refractivity contribution in [2.75, 3.05) is 23.9 Å². The first-order valence-electron chi connectivity index (χ1n) is 11.4. The topological polar surface area (TPSA) is 58.9 Å². The molecule has 0 fully saturated rings. The Morgan fingerprint density at radius 1 is 1.09 bits per heavy atom. The summed E-state index contributed by atoms with van der Waals surface area (Å²) in [6.45, 7) is 3.78. The number of methoxy groups -OCH3 is 1. The molecule has 2 aromatic heterocycles. The summed E-state index contributed by atoms with van der Waals surface area (Å²) in [5.41, 5.74) is 4.92. The van der Waals surface area contributed by atoms with Crippen molar-refractivity contribution in [3.8, 4) is 5.75 Å². The summed E-state index contributed by atoms with van der Waals surface area (Å²) in [5, 5.41) is 3.69. The van der Waals surface area contributed by atoms with Crippen molar-refractivity contribution < 1.29 is 4.74 Å². The zero-order chi connectivity index (χ0) is 22.5. The molecule has 6 nitrogen and oxygen atoms in total. The van der Waals surface area contributed by atoms with Crippen LogP contribution in [0.15, 0.2) is 77.7 Å². The largest absolute Gasteiger partial charge is 0.497 e. The number of ether oxygens (including phenoxy) is 1. The van der Waals surface area contributed by atoms with E-state index in [4.69, 9.17) is 9.72 Å². The van der Waals surface area contributed by atoms with E-state index >= 15 is 0 Å². The van der Waals surface area contributed by atoms with Crippen LogP contribution in [-0.2, 0) is 6.54 Å². The molecule has 166 valence electrons. The van der Waals surface area contributed by atoms with Crippen molar-refractivity contribution in [2.45, 2.75) is 25.4 Å². The molecule has 4 aromatic rings. The molecule has 6 rings (SSSR count). The second-order valence-electron chi connectivity index (χ2n) is 8.98. The highest BCUT2D eigenvalue weighted by molar-refractivity contribution is 5.65. The van der Waals surface area contributed by atoms with Gasteiger partial charge in [-0.3, -0.25) is 9.20 Å². The van der Waals surface area contributed by atoms with Gasteiger partial charge in [0.15, 0.2) is 0 Å². The fourth-order valence-corrected chi connectivity index (χ4v) is 5.41. The maximum atomic E-state index is 13.8. The van der Waals surface area contributed by atoms with E-state index in [1.54, 1.807) is 17.7 Å². The molecule has 6 heteroatoms. The van der Waals surface area contributed by atoms with Crippen LogP contribution < -0.4 is 20.5 Å². The third-order valence-corrected chi connectivity index (χ3v) is 7.14. The van der Waals surface area contributed by atoms with Gasteiger partial charge in [0.2, 0.25) is 0 Å². The number of benzene rings is 2. The van der Waals surface area contributed by atoms with Crippen LogP contribution in [0.2, 0.25) is 0 Å². The lowest BCUT2D eigenvalue weighted by molar-refractivity contribution is 0.351. The van der Waals surface area contributed by atoms with Crippen LogP contribution in [0, 0.1) is 5.92 Å². The van der Waals surface area contributed by atoms with Gasteiger partial charge in [-0.1, -0.05) is 43.3 Å². The van der Waals surface area contributed by atoms with Crippen LogP contribution in [0.4, 0.5) is 11.5 Å². The molecule has 2 aromatic carbocycles. The fourth-order valence-electron chi connectivity index (χ4n) is 5.41.